The number of fused-ring (bicyclic) bond motifs is 1. The molecule has 116 valence electrons. The van der Waals surface area contributed by atoms with Gasteiger partial charge >= 0.3 is 6.36 Å². The Kier molecular flexibility index (Phi) is 3.70. The third kappa shape index (κ3) is 3.01. The van der Waals surface area contributed by atoms with Gasteiger partial charge in [0.05, 0.1) is 6.61 Å². The zero-order valence-electron chi connectivity index (χ0n) is 11.6. The second kappa shape index (κ2) is 5.53. The Morgan fingerprint density at radius 2 is 1.86 bits per heavy atom. The van der Waals surface area contributed by atoms with Crippen molar-refractivity contribution in [3.8, 4) is 22.6 Å². The van der Waals surface area contributed by atoms with Gasteiger partial charge in [0.15, 0.2) is 0 Å². The number of nitrogens with two attached hydrogens (primary N) is 1. The van der Waals surface area contributed by atoms with Crippen LogP contribution in [0, 0.1) is 0 Å². The van der Waals surface area contributed by atoms with E-state index in [9.17, 15) is 13.2 Å². The van der Waals surface area contributed by atoms with Gasteiger partial charge in [0.2, 0.25) is 0 Å². The number of benzene rings is 2. The molecule has 0 bridgehead atoms. The highest BCUT2D eigenvalue weighted by Gasteiger charge is 2.31. The van der Waals surface area contributed by atoms with E-state index in [4.69, 9.17) is 10.5 Å². The van der Waals surface area contributed by atoms with Crippen molar-refractivity contribution < 1.29 is 22.6 Å². The minimum Gasteiger partial charge on any atom is -0.492 e. The van der Waals surface area contributed by atoms with Crippen molar-refractivity contribution in [1.29, 1.82) is 0 Å². The van der Waals surface area contributed by atoms with E-state index in [2.05, 4.69) is 4.74 Å². The molecule has 3 rings (SSSR count). The summed E-state index contributed by atoms with van der Waals surface area (Å²) in [4.78, 5) is 0. The first-order chi connectivity index (χ1) is 10.5. The Labute approximate surface area is 125 Å². The standard InChI is InChI=1S/C16H14F3NO2/c17-16(18,19)22-13-3-1-11(2-4-13)14-8-10(9-20)7-12-5-6-21-15(12)14/h1-4,7-8H,5-6,9,20H2. The van der Waals surface area contributed by atoms with Gasteiger partial charge in [-0.1, -0.05) is 18.2 Å². The summed E-state index contributed by atoms with van der Waals surface area (Å²) in [5.41, 5.74) is 9.35. The van der Waals surface area contributed by atoms with Gasteiger partial charge in [0, 0.05) is 18.5 Å². The summed E-state index contributed by atoms with van der Waals surface area (Å²) < 4.78 is 46.1. The summed E-state index contributed by atoms with van der Waals surface area (Å²) in [5, 5.41) is 0. The second-order valence-corrected chi connectivity index (χ2v) is 5.01. The highest BCUT2D eigenvalue weighted by atomic mass is 19.4. The molecule has 3 nitrogen and oxygen atoms in total. The van der Waals surface area contributed by atoms with Gasteiger partial charge in [0.1, 0.15) is 11.5 Å². The predicted molar refractivity (Wildman–Crippen MR) is 75.7 cm³/mol. The highest BCUT2D eigenvalue weighted by molar-refractivity contribution is 5.74. The first-order valence-electron chi connectivity index (χ1n) is 6.81. The average molecular weight is 309 g/mol. The highest BCUT2D eigenvalue weighted by Crippen LogP contribution is 2.38. The SMILES string of the molecule is NCc1cc2c(c(-c3ccc(OC(F)(F)F)cc3)c1)OCC2. The van der Waals surface area contributed by atoms with E-state index in [1.807, 2.05) is 12.1 Å². The number of ether oxygens (including phenoxy) is 2. The van der Waals surface area contributed by atoms with Crippen LogP contribution in [0.4, 0.5) is 13.2 Å². The summed E-state index contributed by atoms with van der Waals surface area (Å²) in [5.74, 6) is 0.533. The molecule has 2 aromatic rings. The molecule has 0 unspecified atom stereocenters. The molecule has 0 aromatic heterocycles. The van der Waals surface area contributed by atoms with Gasteiger partial charge in [-0.2, -0.15) is 0 Å². The molecule has 2 aromatic carbocycles. The van der Waals surface area contributed by atoms with E-state index < -0.39 is 6.36 Å². The molecule has 22 heavy (non-hydrogen) atoms. The van der Waals surface area contributed by atoms with Crippen LogP contribution in [0.15, 0.2) is 36.4 Å². The van der Waals surface area contributed by atoms with Crippen LogP contribution in [0.5, 0.6) is 11.5 Å². The van der Waals surface area contributed by atoms with Gasteiger partial charge < -0.3 is 15.2 Å². The van der Waals surface area contributed by atoms with Crippen molar-refractivity contribution >= 4 is 0 Å². The lowest BCUT2D eigenvalue weighted by atomic mass is 9.98. The number of halogens is 3. The van der Waals surface area contributed by atoms with E-state index in [0.717, 1.165) is 34.4 Å². The van der Waals surface area contributed by atoms with E-state index >= 15 is 0 Å². The van der Waals surface area contributed by atoms with E-state index in [1.165, 1.54) is 12.1 Å². The van der Waals surface area contributed by atoms with Gasteiger partial charge in [-0.05, 0) is 34.9 Å². The van der Waals surface area contributed by atoms with Crippen molar-refractivity contribution in [1.82, 2.24) is 0 Å². The first-order valence-corrected chi connectivity index (χ1v) is 6.81. The molecule has 0 saturated heterocycles. The van der Waals surface area contributed by atoms with Crippen LogP contribution >= 0.6 is 0 Å². The molecule has 1 aliphatic rings. The fourth-order valence-corrected chi connectivity index (χ4v) is 2.54. The van der Waals surface area contributed by atoms with Crippen LogP contribution in [0.3, 0.4) is 0 Å². The molecule has 0 atom stereocenters. The lowest BCUT2D eigenvalue weighted by molar-refractivity contribution is -0.274. The second-order valence-electron chi connectivity index (χ2n) is 5.01. The average Bonchev–Trinajstić information content (AvgIpc) is 2.93. The molecule has 0 fully saturated rings. The maximum absolute atomic E-state index is 12.2. The Bertz CT molecular complexity index is 681. The molecular formula is C16H14F3NO2. The van der Waals surface area contributed by atoms with E-state index in [1.54, 1.807) is 12.1 Å². The molecular weight excluding hydrogens is 295 g/mol. The number of alkyl halides is 3. The van der Waals surface area contributed by atoms with Crippen LogP contribution in [0.25, 0.3) is 11.1 Å². The molecule has 1 aliphatic heterocycles. The monoisotopic (exact) mass is 309 g/mol. The Hall–Kier alpha value is -2.21. The van der Waals surface area contributed by atoms with Gasteiger partial charge in [-0.25, -0.2) is 0 Å². The predicted octanol–water partition coefficient (Wildman–Crippen LogP) is 3.65. The third-order valence-corrected chi connectivity index (χ3v) is 3.48. The minimum atomic E-state index is -4.69. The first kappa shape index (κ1) is 14.7. The third-order valence-electron chi connectivity index (χ3n) is 3.48. The van der Waals surface area contributed by atoms with Crippen molar-refractivity contribution in [3.05, 3.63) is 47.5 Å². The maximum atomic E-state index is 12.2. The van der Waals surface area contributed by atoms with Crippen LogP contribution in [0.2, 0.25) is 0 Å². The molecule has 1 heterocycles. The molecule has 0 spiro atoms. The fourth-order valence-electron chi connectivity index (χ4n) is 2.54. The normalized spacial score (nSPS) is 13.6. The fraction of sp³-hybridized carbons (Fsp3) is 0.250. The van der Waals surface area contributed by atoms with Gasteiger partial charge in [-0.15, -0.1) is 13.2 Å². The van der Waals surface area contributed by atoms with E-state index in [-0.39, 0.29) is 5.75 Å². The zero-order valence-corrected chi connectivity index (χ0v) is 11.6. The van der Waals surface area contributed by atoms with Crippen LogP contribution in [-0.4, -0.2) is 13.0 Å². The summed E-state index contributed by atoms with van der Waals surface area (Å²) in [6.45, 7) is 1.00. The largest absolute Gasteiger partial charge is 0.573 e. The van der Waals surface area contributed by atoms with Crippen LogP contribution < -0.4 is 15.2 Å². The number of hydrogen-bond donors (Lipinski definition) is 1. The molecule has 0 amide bonds. The van der Waals surface area contributed by atoms with Crippen molar-refractivity contribution in [2.45, 2.75) is 19.3 Å². The molecule has 0 saturated carbocycles. The van der Waals surface area contributed by atoms with E-state index in [0.29, 0.717) is 13.2 Å². The molecule has 0 radical (unpaired) electrons. The topological polar surface area (TPSA) is 44.5 Å². The smallest absolute Gasteiger partial charge is 0.492 e. The van der Waals surface area contributed by atoms with Crippen molar-refractivity contribution in [2.24, 2.45) is 5.73 Å². The molecule has 6 heteroatoms. The Morgan fingerprint density at radius 1 is 1.14 bits per heavy atom. The maximum Gasteiger partial charge on any atom is 0.573 e. The summed E-state index contributed by atoms with van der Waals surface area (Å²) in [7, 11) is 0. The van der Waals surface area contributed by atoms with Crippen LogP contribution in [-0.2, 0) is 13.0 Å². The zero-order chi connectivity index (χ0) is 15.7. The summed E-state index contributed by atoms with van der Waals surface area (Å²) >= 11 is 0. The van der Waals surface area contributed by atoms with Crippen molar-refractivity contribution in [3.63, 3.8) is 0 Å². The van der Waals surface area contributed by atoms with Crippen molar-refractivity contribution in [2.75, 3.05) is 6.61 Å². The van der Waals surface area contributed by atoms with Gasteiger partial charge in [-0.3, -0.25) is 0 Å². The Balaban J connectivity index is 1.96. The number of hydrogen-bond acceptors (Lipinski definition) is 3. The number of rotatable bonds is 3. The van der Waals surface area contributed by atoms with Crippen LogP contribution in [0.1, 0.15) is 11.1 Å². The summed E-state index contributed by atoms with van der Waals surface area (Å²) in [6.07, 6.45) is -3.88. The van der Waals surface area contributed by atoms with Gasteiger partial charge in [0.25, 0.3) is 0 Å². The Morgan fingerprint density at radius 3 is 2.50 bits per heavy atom. The summed E-state index contributed by atoms with van der Waals surface area (Å²) in [6, 6.07) is 9.66. The quantitative estimate of drug-likeness (QED) is 0.941. The lowest BCUT2D eigenvalue weighted by Gasteiger charge is -2.12. The molecule has 0 aliphatic carbocycles. The molecule has 2 N–H and O–H groups in total. The lowest BCUT2D eigenvalue weighted by Crippen LogP contribution is -2.16. The minimum absolute atomic E-state index is 0.246.